The summed E-state index contributed by atoms with van der Waals surface area (Å²) in [6.07, 6.45) is 1.37. The van der Waals surface area contributed by atoms with Gasteiger partial charge in [-0.1, -0.05) is 0 Å². The maximum absolute atomic E-state index is 12.9. The molecule has 3 rings (SSSR count). The number of sulfonamides is 1. The van der Waals surface area contributed by atoms with Crippen LogP contribution in [-0.2, 0) is 10.0 Å². The molecule has 0 aliphatic carbocycles. The summed E-state index contributed by atoms with van der Waals surface area (Å²) in [5.41, 5.74) is 6.58. The molecular formula is C14H20N2O4S. The number of nitrogens with two attached hydrogens (primary N) is 1. The minimum absolute atomic E-state index is 0.0734. The molecule has 2 atom stereocenters. The largest absolute Gasteiger partial charge is 0.454 e. The van der Waals surface area contributed by atoms with E-state index in [0.717, 1.165) is 0 Å². The maximum Gasteiger partial charge on any atom is 0.243 e. The zero-order valence-corrected chi connectivity index (χ0v) is 13.0. The smallest absolute Gasteiger partial charge is 0.243 e. The van der Waals surface area contributed by atoms with Crippen LogP contribution in [0.3, 0.4) is 0 Å². The number of aryl methyl sites for hydroxylation is 1. The first-order chi connectivity index (χ1) is 9.89. The van der Waals surface area contributed by atoms with Gasteiger partial charge in [-0.3, -0.25) is 0 Å². The summed E-state index contributed by atoms with van der Waals surface area (Å²) in [4.78, 5) is 0.286. The summed E-state index contributed by atoms with van der Waals surface area (Å²) >= 11 is 0. The topological polar surface area (TPSA) is 81.9 Å². The number of benzene rings is 1. The molecule has 2 aliphatic rings. The summed E-state index contributed by atoms with van der Waals surface area (Å²) in [5, 5.41) is 0. The molecule has 2 N–H and O–H groups in total. The second kappa shape index (κ2) is 5.15. The van der Waals surface area contributed by atoms with Crippen molar-refractivity contribution in [3.05, 3.63) is 17.7 Å². The Balaban J connectivity index is 1.99. The fourth-order valence-electron chi connectivity index (χ4n) is 2.97. The van der Waals surface area contributed by atoms with Crippen LogP contribution in [-0.4, -0.2) is 38.1 Å². The molecule has 0 saturated carbocycles. The molecule has 2 heterocycles. The Bertz CT molecular complexity index is 659. The zero-order chi connectivity index (χ0) is 15.2. The summed E-state index contributed by atoms with van der Waals surface area (Å²) in [7, 11) is -3.54. The van der Waals surface area contributed by atoms with Gasteiger partial charge in [0.25, 0.3) is 0 Å². The van der Waals surface area contributed by atoms with Gasteiger partial charge in [0.2, 0.25) is 16.8 Å². The normalized spacial score (nSPS) is 26.0. The molecule has 1 aromatic carbocycles. The molecule has 1 aromatic rings. The summed E-state index contributed by atoms with van der Waals surface area (Å²) in [6.45, 7) is 4.26. The van der Waals surface area contributed by atoms with Crippen LogP contribution in [0.4, 0.5) is 0 Å². The van der Waals surface area contributed by atoms with E-state index in [1.165, 1.54) is 0 Å². The SMILES string of the molecule is Cc1cc2c(cc1S(=O)(=O)N1CC[C@@H](N)C[C@@H]1C)OCO2. The molecule has 0 spiro atoms. The van der Waals surface area contributed by atoms with Gasteiger partial charge in [0.1, 0.15) is 0 Å². The number of rotatable bonds is 2. The molecule has 0 aromatic heterocycles. The van der Waals surface area contributed by atoms with Crippen LogP contribution >= 0.6 is 0 Å². The van der Waals surface area contributed by atoms with Crippen molar-refractivity contribution in [3.63, 3.8) is 0 Å². The molecule has 0 amide bonds. The highest BCUT2D eigenvalue weighted by Gasteiger charge is 2.35. The van der Waals surface area contributed by atoms with Crippen molar-refractivity contribution in [2.75, 3.05) is 13.3 Å². The highest BCUT2D eigenvalue weighted by Crippen LogP contribution is 2.37. The van der Waals surface area contributed by atoms with Crippen LogP contribution < -0.4 is 15.2 Å². The van der Waals surface area contributed by atoms with Crippen LogP contribution in [0.2, 0.25) is 0 Å². The monoisotopic (exact) mass is 312 g/mol. The van der Waals surface area contributed by atoms with E-state index in [4.69, 9.17) is 15.2 Å². The first-order valence-corrected chi connectivity index (χ1v) is 8.51. The van der Waals surface area contributed by atoms with Gasteiger partial charge in [0.05, 0.1) is 4.90 Å². The lowest BCUT2D eigenvalue weighted by atomic mass is 10.0. The van der Waals surface area contributed by atoms with Crippen molar-refractivity contribution in [1.29, 1.82) is 0 Å². The number of piperidine rings is 1. The first-order valence-electron chi connectivity index (χ1n) is 7.07. The van der Waals surface area contributed by atoms with Gasteiger partial charge in [-0.15, -0.1) is 0 Å². The van der Waals surface area contributed by atoms with Crippen LogP contribution in [0.15, 0.2) is 17.0 Å². The number of nitrogens with zero attached hydrogens (tertiary/aromatic N) is 1. The third-order valence-electron chi connectivity index (χ3n) is 4.11. The average Bonchev–Trinajstić information content (AvgIpc) is 2.84. The van der Waals surface area contributed by atoms with Gasteiger partial charge in [-0.2, -0.15) is 4.31 Å². The molecule has 0 bridgehead atoms. The van der Waals surface area contributed by atoms with Crippen LogP contribution in [0.5, 0.6) is 11.5 Å². The van der Waals surface area contributed by atoms with Crippen molar-refractivity contribution in [2.45, 2.75) is 43.7 Å². The molecule has 21 heavy (non-hydrogen) atoms. The van der Waals surface area contributed by atoms with Crippen LogP contribution in [0.1, 0.15) is 25.3 Å². The van der Waals surface area contributed by atoms with Crippen LogP contribution in [0.25, 0.3) is 0 Å². The van der Waals surface area contributed by atoms with Gasteiger partial charge >= 0.3 is 0 Å². The Hall–Kier alpha value is -1.31. The average molecular weight is 312 g/mol. The van der Waals surface area contributed by atoms with Crippen molar-refractivity contribution >= 4 is 10.0 Å². The number of hydrogen-bond donors (Lipinski definition) is 1. The molecule has 2 aliphatic heterocycles. The van der Waals surface area contributed by atoms with E-state index >= 15 is 0 Å². The van der Waals surface area contributed by atoms with E-state index in [0.29, 0.717) is 36.4 Å². The highest BCUT2D eigenvalue weighted by atomic mass is 32.2. The first kappa shape index (κ1) is 14.6. The van der Waals surface area contributed by atoms with E-state index < -0.39 is 10.0 Å². The molecule has 0 radical (unpaired) electrons. The minimum atomic E-state index is -3.54. The van der Waals surface area contributed by atoms with Crippen molar-refractivity contribution in [2.24, 2.45) is 5.73 Å². The Morgan fingerprint density at radius 3 is 2.62 bits per heavy atom. The lowest BCUT2D eigenvalue weighted by molar-refractivity contribution is 0.174. The van der Waals surface area contributed by atoms with E-state index in [9.17, 15) is 8.42 Å². The maximum atomic E-state index is 12.9. The second-order valence-corrected chi connectivity index (χ2v) is 7.58. The van der Waals surface area contributed by atoms with Crippen molar-refractivity contribution in [1.82, 2.24) is 4.31 Å². The number of ether oxygens (including phenoxy) is 2. The molecule has 7 heteroatoms. The Kier molecular flexibility index (Phi) is 3.59. The van der Waals surface area contributed by atoms with E-state index in [2.05, 4.69) is 0 Å². The highest BCUT2D eigenvalue weighted by molar-refractivity contribution is 7.89. The van der Waals surface area contributed by atoms with Crippen molar-refractivity contribution < 1.29 is 17.9 Å². The Morgan fingerprint density at radius 1 is 1.29 bits per heavy atom. The van der Waals surface area contributed by atoms with E-state index in [-0.39, 0.29) is 23.8 Å². The van der Waals surface area contributed by atoms with Crippen molar-refractivity contribution in [3.8, 4) is 11.5 Å². The summed E-state index contributed by atoms with van der Waals surface area (Å²) in [5.74, 6) is 1.08. The molecular weight excluding hydrogens is 292 g/mol. The van der Waals surface area contributed by atoms with Gasteiger partial charge in [-0.05, 0) is 38.3 Å². The fourth-order valence-corrected chi connectivity index (χ4v) is 4.85. The minimum Gasteiger partial charge on any atom is -0.454 e. The van der Waals surface area contributed by atoms with Gasteiger partial charge < -0.3 is 15.2 Å². The molecule has 0 unspecified atom stereocenters. The summed E-state index contributed by atoms with van der Waals surface area (Å²) in [6, 6.07) is 3.26. The fraction of sp³-hybridized carbons (Fsp3) is 0.571. The molecule has 6 nitrogen and oxygen atoms in total. The molecule has 1 saturated heterocycles. The predicted molar refractivity (Wildman–Crippen MR) is 77.9 cm³/mol. The standard InChI is InChI=1S/C14H20N2O4S/c1-9-5-12-13(20-8-19-12)7-14(9)21(17,18)16-4-3-11(15)6-10(16)2/h5,7,10-11H,3-4,6,8,15H2,1-2H3/t10-,11+/m0/s1. The zero-order valence-electron chi connectivity index (χ0n) is 12.2. The third kappa shape index (κ3) is 2.49. The second-order valence-electron chi connectivity index (χ2n) is 5.72. The molecule has 116 valence electrons. The lowest BCUT2D eigenvalue weighted by Crippen LogP contribution is -2.48. The van der Waals surface area contributed by atoms with Gasteiger partial charge in [-0.25, -0.2) is 8.42 Å². The van der Waals surface area contributed by atoms with Crippen LogP contribution in [0, 0.1) is 6.92 Å². The molecule has 1 fully saturated rings. The lowest BCUT2D eigenvalue weighted by Gasteiger charge is -2.35. The van der Waals surface area contributed by atoms with Gasteiger partial charge in [0, 0.05) is 24.7 Å². The van der Waals surface area contributed by atoms with Gasteiger partial charge in [0.15, 0.2) is 11.5 Å². The summed E-state index contributed by atoms with van der Waals surface area (Å²) < 4.78 is 37.9. The quantitative estimate of drug-likeness (QED) is 0.888. The number of hydrogen-bond acceptors (Lipinski definition) is 5. The Labute approximate surface area is 124 Å². The number of fused-ring (bicyclic) bond motifs is 1. The Morgan fingerprint density at radius 2 is 1.95 bits per heavy atom. The predicted octanol–water partition coefficient (Wildman–Crippen LogP) is 1.22. The van der Waals surface area contributed by atoms with E-state index in [1.54, 1.807) is 23.4 Å². The van der Waals surface area contributed by atoms with E-state index in [1.807, 2.05) is 6.92 Å². The third-order valence-corrected chi connectivity index (χ3v) is 6.27.